The number of hydrogen-bond acceptors (Lipinski definition) is 5. The summed E-state index contributed by atoms with van der Waals surface area (Å²) in [4.78, 5) is 15.9. The van der Waals surface area contributed by atoms with E-state index < -0.39 is 5.97 Å². The Morgan fingerprint density at radius 1 is 1.63 bits per heavy atom. The Morgan fingerprint density at radius 3 is 2.89 bits per heavy atom. The van der Waals surface area contributed by atoms with Crippen molar-refractivity contribution in [1.82, 2.24) is 9.55 Å². The molecule has 2 rings (SSSR count). The first-order valence-corrected chi connectivity index (χ1v) is 6.58. The van der Waals surface area contributed by atoms with E-state index in [2.05, 4.69) is 11.9 Å². The molecule has 2 heterocycles. The van der Waals surface area contributed by atoms with Gasteiger partial charge in [-0.05, 0) is 19.8 Å². The van der Waals surface area contributed by atoms with Crippen molar-refractivity contribution >= 4 is 11.8 Å². The number of nitrogens with two attached hydrogens (primary N) is 1. The second-order valence-electron chi connectivity index (χ2n) is 5.10. The molecule has 0 radical (unpaired) electrons. The number of ether oxygens (including phenoxy) is 2. The van der Waals surface area contributed by atoms with Crippen molar-refractivity contribution in [3.8, 4) is 0 Å². The van der Waals surface area contributed by atoms with Gasteiger partial charge >= 0.3 is 5.97 Å². The van der Waals surface area contributed by atoms with Crippen LogP contribution in [0.2, 0.25) is 0 Å². The van der Waals surface area contributed by atoms with Crippen LogP contribution in [0.5, 0.6) is 0 Å². The van der Waals surface area contributed by atoms with Gasteiger partial charge in [0.25, 0.3) is 0 Å². The minimum atomic E-state index is -0.497. The molecule has 1 aromatic rings. The molecular formula is C13H21N3O3. The van der Waals surface area contributed by atoms with E-state index in [0.29, 0.717) is 18.8 Å². The summed E-state index contributed by atoms with van der Waals surface area (Å²) >= 11 is 0. The Balaban J connectivity index is 2.33. The lowest BCUT2D eigenvalue weighted by atomic mass is 10.0. The average molecular weight is 267 g/mol. The van der Waals surface area contributed by atoms with Crippen molar-refractivity contribution in [1.29, 1.82) is 0 Å². The highest BCUT2D eigenvalue weighted by molar-refractivity contribution is 5.92. The number of hydrogen-bond donors (Lipinski definition) is 1. The molecule has 2 N–H and O–H groups in total. The van der Waals surface area contributed by atoms with Crippen LogP contribution in [0.15, 0.2) is 0 Å². The monoisotopic (exact) mass is 267 g/mol. The summed E-state index contributed by atoms with van der Waals surface area (Å²) in [5, 5.41) is 0. The third-order valence-corrected chi connectivity index (χ3v) is 3.57. The number of nitrogen functional groups attached to an aromatic ring is 1. The highest BCUT2D eigenvalue weighted by Gasteiger charge is 2.32. The molecule has 0 bridgehead atoms. The van der Waals surface area contributed by atoms with E-state index in [9.17, 15) is 4.79 Å². The minimum Gasteiger partial charge on any atom is -0.464 e. The number of rotatable bonds is 4. The Morgan fingerprint density at radius 2 is 2.37 bits per heavy atom. The molecule has 1 aromatic heterocycles. The van der Waals surface area contributed by atoms with E-state index in [4.69, 9.17) is 15.2 Å². The van der Waals surface area contributed by atoms with Crippen molar-refractivity contribution in [3.05, 3.63) is 11.5 Å². The lowest BCUT2D eigenvalue weighted by Crippen LogP contribution is -2.31. The highest BCUT2D eigenvalue weighted by Crippen LogP contribution is 2.29. The summed E-state index contributed by atoms with van der Waals surface area (Å²) in [7, 11) is 1.33. The maximum atomic E-state index is 11.6. The van der Waals surface area contributed by atoms with Crippen molar-refractivity contribution in [2.24, 2.45) is 0 Å². The first kappa shape index (κ1) is 13.9. The standard InChI is InChI=1S/C13H21N3O3/c1-4-9-15-10(12(17)18-3)11(14)16(9)8-13(2)6-5-7-19-13/h4-8,14H2,1-3H3. The summed E-state index contributed by atoms with van der Waals surface area (Å²) in [5.41, 5.74) is 6.00. The molecule has 6 nitrogen and oxygen atoms in total. The Hall–Kier alpha value is -1.56. The number of imidazole rings is 1. The van der Waals surface area contributed by atoms with Gasteiger partial charge in [-0.15, -0.1) is 0 Å². The molecule has 106 valence electrons. The second-order valence-corrected chi connectivity index (χ2v) is 5.10. The quantitative estimate of drug-likeness (QED) is 0.834. The summed E-state index contributed by atoms with van der Waals surface area (Å²) < 4.78 is 12.3. The Labute approximate surface area is 112 Å². The lowest BCUT2D eigenvalue weighted by Gasteiger charge is -2.25. The van der Waals surface area contributed by atoms with Crippen molar-refractivity contribution in [2.75, 3.05) is 19.5 Å². The molecule has 0 saturated carbocycles. The van der Waals surface area contributed by atoms with Gasteiger partial charge in [0.1, 0.15) is 11.6 Å². The SMILES string of the molecule is CCc1nc(C(=O)OC)c(N)n1CC1(C)CCCO1. The van der Waals surface area contributed by atoms with Gasteiger partial charge in [-0.1, -0.05) is 6.92 Å². The van der Waals surface area contributed by atoms with E-state index in [1.807, 2.05) is 11.5 Å². The van der Waals surface area contributed by atoms with E-state index in [0.717, 1.165) is 25.3 Å². The second kappa shape index (κ2) is 5.21. The topological polar surface area (TPSA) is 79.4 Å². The Kier molecular flexibility index (Phi) is 3.80. The lowest BCUT2D eigenvalue weighted by molar-refractivity contribution is 0.00607. The zero-order valence-corrected chi connectivity index (χ0v) is 11.7. The summed E-state index contributed by atoms with van der Waals surface area (Å²) in [6.07, 6.45) is 2.75. The molecular weight excluding hydrogens is 246 g/mol. The normalized spacial score (nSPS) is 22.7. The molecule has 1 saturated heterocycles. The first-order valence-electron chi connectivity index (χ1n) is 6.58. The number of aromatic nitrogens is 2. The fourth-order valence-electron chi connectivity index (χ4n) is 2.50. The van der Waals surface area contributed by atoms with Gasteiger partial charge in [0.15, 0.2) is 5.69 Å². The van der Waals surface area contributed by atoms with Crippen LogP contribution in [0.1, 0.15) is 43.0 Å². The fourth-order valence-corrected chi connectivity index (χ4v) is 2.50. The van der Waals surface area contributed by atoms with Crippen molar-refractivity contribution in [2.45, 2.75) is 45.3 Å². The van der Waals surface area contributed by atoms with E-state index in [1.165, 1.54) is 7.11 Å². The average Bonchev–Trinajstić information content (AvgIpc) is 2.95. The predicted octanol–water partition coefficient (Wildman–Crippen LogP) is 1.38. The van der Waals surface area contributed by atoms with E-state index in [-0.39, 0.29) is 11.3 Å². The molecule has 0 spiro atoms. The number of aryl methyl sites for hydroxylation is 1. The summed E-state index contributed by atoms with van der Waals surface area (Å²) in [6, 6.07) is 0. The van der Waals surface area contributed by atoms with Crippen LogP contribution in [0.25, 0.3) is 0 Å². The molecule has 0 amide bonds. The molecule has 0 aromatic carbocycles. The first-order chi connectivity index (χ1) is 9.00. The number of nitrogens with zero attached hydrogens (tertiary/aromatic N) is 2. The molecule has 0 aliphatic carbocycles. The molecule has 19 heavy (non-hydrogen) atoms. The van der Waals surface area contributed by atoms with Crippen LogP contribution in [0, 0.1) is 0 Å². The van der Waals surface area contributed by atoms with Gasteiger partial charge < -0.3 is 19.8 Å². The molecule has 1 aliphatic heterocycles. The number of methoxy groups -OCH3 is 1. The van der Waals surface area contributed by atoms with Gasteiger partial charge in [-0.2, -0.15) is 0 Å². The van der Waals surface area contributed by atoms with Crippen molar-refractivity contribution < 1.29 is 14.3 Å². The van der Waals surface area contributed by atoms with Gasteiger partial charge in [0.2, 0.25) is 0 Å². The largest absolute Gasteiger partial charge is 0.464 e. The van der Waals surface area contributed by atoms with Crippen LogP contribution in [-0.2, 0) is 22.4 Å². The highest BCUT2D eigenvalue weighted by atomic mass is 16.5. The number of esters is 1. The van der Waals surface area contributed by atoms with E-state index >= 15 is 0 Å². The summed E-state index contributed by atoms with van der Waals surface area (Å²) in [6.45, 7) is 5.44. The molecule has 1 fully saturated rings. The molecule has 6 heteroatoms. The zero-order chi connectivity index (χ0) is 14.0. The molecule has 1 aliphatic rings. The summed E-state index contributed by atoms with van der Waals surface area (Å²) in [5.74, 6) is 0.651. The predicted molar refractivity (Wildman–Crippen MR) is 70.9 cm³/mol. The van der Waals surface area contributed by atoms with Crippen molar-refractivity contribution in [3.63, 3.8) is 0 Å². The maximum Gasteiger partial charge on any atom is 0.360 e. The third kappa shape index (κ3) is 2.58. The van der Waals surface area contributed by atoms with Gasteiger partial charge in [-0.3, -0.25) is 0 Å². The molecule has 1 unspecified atom stereocenters. The van der Waals surface area contributed by atoms with Crippen LogP contribution in [0.3, 0.4) is 0 Å². The van der Waals surface area contributed by atoms with Crippen LogP contribution in [-0.4, -0.2) is 34.8 Å². The van der Waals surface area contributed by atoms with E-state index in [1.54, 1.807) is 0 Å². The van der Waals surface area contributed by atoms with Crippen LogP contribution < -0.4 is 5.73 Å². The smallest absolute Gasteiger partial charge is 0.360 e. The van der Waals surface area contributed by atoms with Gasteiger partial charge in [-0.25, -0.2) is 9.78 Å². The third-order valence-electron chi connectivity index (χ3n) is 3.57. The number of carbonyl (C=O) groups excluding carboxylic acids is 1. The fraction of sp³-hybridized carbons (Fsp3) is 0.692. The van der Waals surface area contributed by atoms with Crippen LogP contribution >= 0.6 is 0 Å². The van der Waals surface area contributed by atoms with Crippen LogP contribution in [0.4, 0.5) is 5.82 Å². The molecule has 1 atom stereocenters. The number of carbonyl (C=O) groups is 1. The Bertz CT molecular complexity index is 476. The number of anilines is 1. The minimum absolute atomic E-state index is 0.195. The zero-order valence-electron chi connectivity index (χ0n) is 11.7. The van der Waals surface area contributed by atoms with Gasteiger partial charge in [0.05, 0.1) is 19.3 Å². The van der Waals surface area contributed by atoms with Gasteiger partial charge in [0, 0.05) is 13.0 Å². The maximum absolute atomic E-state index is 11.6.